The van der Waals surface area contributed by atoms with Crippen LogP contribution in [0.1, 0.15) is 25.2 Å². The molecule has 0 bridgehead atoms. The molecule has 1 aliphatic rings. The Morgan fingerprint density at radius 1 is 1.33 bits per heavy atom. The number of nitrogens with zero attached hydrogens (tertiary/aromatic N) is 2. The van der Waals surface area contributed by atoms with Crippen molar-refractivity contribution in [1.29, 1.82) is 0 Å². The molecule has 1 saturated carbocycles. The van der Waals surface area contributed by atoms with Crippen LogP contribution in [0.25, 0.3) is 11.5 Å². The average Bonchev–Trinajstić information content (AvgIpc) is 3.14. The molecule has 3 rings (SSSR count). The smallest absolute Gasteiger partial charge is 0.248 e. The number of ether oxygens (including phenoxy) is 1. The lowest BCUT2D eigenvalue weighted by atomic mass is 10.2. The van der Waals surface area contributed by atoms with E-state index in [1.807, 2.05) is 24.3 Å². The molecular weight excluding hydrogens is 334 g/mol. The normalized spacial score (nSPS) is 21.8. The van der Waals surface area contributed by atoms with Crippen molar-refractivity contribution in [3.63, 3.8) is 0 Å². The van der Waals surface area contributed by atoms with E-state index in [1.165, 1.54) is 6.42 Å². The van der Waals surface area contributed by atoms with Crippen LogP contribution in [-0.2, 0) is 11.3 Å². The predicted octanol–water partition coefficient (Wildman–Crippen LogP) is 3.16. The Bertz CT molecular complexity index is 602. The third kappa shape index (κ3) is 3.33. The maximum Gasteiger partial charge on any atom is 0.248 e. The average molecular weight is 352 g/mol. The first kappa shape index (κ1) is 14.7. The molecule has 0 saturated heterocycles. The van der Waals surface area contributed by atoms with Gasteiger partial charge in [-0.25, -0.2) is 0 Å². The molecule has 0 radical (unpaired) electrons. The number of benzene rings is 1. The van der Waals surface area contributed by atoms with E-state index in [4.69, 9.17) is 9.15 Å². The van der Waals surface area contributed by atoms with Gasteiger partial charge in [0.1, 0.15) is 0 Å². The summed E-state index contributed by atoms with van der Waals surface area (Å²) in [6.45, 7) is 0.571. The quantitative estimate of drug-likeness (QED) is 0.896. The molecule has 2 atom stereocenters. The summed E-state index contributed by atoms with van der Waals surface area (Å²) in [6.07, 6.45) is 3.72. The Balaban J connectivity index is 1.64. The molecule has 5 nitrogen and oxygen atoms in total. The Morgan fingerprint density at radius 2 is 2.19 bits per heavy atom. The van der Waals surface area contributed by atoms with E-state index >= 15 is 0 Å². The van der Waals surface area contributed by atoms with E-state index in [9.17, 15) is 0 Å². The molecule has 1 aromatic carbocycles. The van der Waals surface area contributed by atoms with E-state index < -0.39 is 0 Å². The van der Waals surface area contributed by atoms with Gasteiger partial charge in [-0.15, -0.1) is 10.2 Å². The van der Waals surface area contributed by atoms with E-state index in [0.29, 0.717) is 24.4 Å². The summed E-state index contributed by atoms with van der Waals surface area (Å²) >= 11 is 3.49. The van der Waals surface area contributed by atoms with Crippen molar-refractivity contribution in [3.05, 3.63) is 34.6 Å². The summed E-state index contributed by atoms with van der Waals surface area (Å²) in [7, 11) is 1.77. The zero-order valence-electron chi connectivity index (χ0n) is 11.9. The van der Waals surface area contributed by atoms with Crippen LogP contribution in [0, 0.1) is 0 Å². The standard InChI is InChI=1S/C15H18BrN3O2/c1-20-13-8-4-7-12(13)17-9-14-18-19-15(21-14)10-5-2-3-6-11(10)16/h2-3,5-6,12-13,17H,4,7-9H2,1H3. The molecule has 21 heavy (non-hydrogen) atoms. The highest BCUT2D eigenvalue weighted by Gasteiger charge is 2.26. The van der Waals surface area contributed by atoms with E-state index in [-0.39, 0.29) is 6.10 Å². The number of aromatic nitrogens is 2. The molecule has 2 aromatic rings. The second-order valence-corrected chi connectivity index (χ2v) is 6.03. The highest BCUT2D eigenvalue weighted by atomic mass is 79.9. The summed E-state index contributed by atoms with van der Waals surface area (Å²) in [5, 5.41) is 11.7. The van der Waals surface area contributed by atoms with Crippen molar-refractivity contribution in [2.75, 3.05) is 7.11 Å². The van der Waals surface area contributed by atoms with Crippen LogP contribution in [0.2, 0.25) is 0 Å². The fraction of sp³-hybridized carbons (Fsp3) is 0.467. The molecule has 2 unspecified atom stereocenters. The second kappa shape index (κ2) is 6.68. The molecule has 1 fully saturated rings. The summed E-state index contributed by atoms with van der Waals surface area (Å²) < 4.78 is 12.1. The molecule has 1 heterocycles. The van der Waals surface area contributed by atoms with Crippen molar-refractivity contribution >= 4 is 15.9 Å². The molecule has 112 valence electrons. The molecule has 6 heteroatoms. The van der Waals surface area contributed by atoms with Crippen molar-refractivity contribution in [2.24, 2.45) is 0 Å². The van der Waals surface area contributed by atoms with E-state index in [0.717, 1.165) is 22.9 Å². The van der Waals surface area contributed by atoms with Gasteiger partial charge >= 0.3 is 0 Å². The summed E-state index contributed by atoms with van der Waals surface area (Å²) in [6, 6.07) is 8.18. The van der Waals surface area contributed by atoms with Gasteiger partial charge in [-0.2, -0.15) is 0 Å². The minimum Gasteiger partial charge on any atom is -0.419 e. The van der Waals surface area contributed by atoms with Gasteiger partial charge in [-0.3, -0.25) is 0 Å². The number of hydrogen-bond acceptors (Lipinski definition) is 5. The predicted molar refractivity (Wildman–Crippen MR) is 82.7 cm³/mol. The van der Waals surface area contributed by atoms with Crippen molar-refractivity contribution in [1.82, 2.24) is 15.5 Å². The molecule has 1 aromatic heterocycles. The maximum atomic E-state index is 5.72. The second-order valence-electron chi connectivity index (χ2n) is 5.17. The Hall–Kier alpha value is -1.24. The first-order valence-corrected chi connectivity index (χ1v) is 7.90. The molecule has 0 spiro atoms. The number of methoxy groups -OCH3 is 1. The van der Waals surface area contributed by atoms with Gasteiger partial charge < -0.3 is 14.5 Å². The maximum absolute atomic E-state index is 5.72. The number of halogens is 1. The first-order chi connectivity index (χ1) is 10.3. The lowest BCUT2D eigenvalue weighted by Gasteiger charge is -2.18. The van der Waals surface area contributed by atoms with Crippen LogP contribution in [-0.4, -0.2) is 29.5 Å². The fourth-order valence-corrected chi connectivity index (χ4v) is 3.18. The van der Waals surface area contributed by atoms with Crippen LogP contribution < -0.4 is 5.32 Å². The van der Waals surface area contributed by atoms with E-state index in [1.54, 1.807) is 7.11 Å². The van der Waals surface area contributed by atoms with Gasteiger partial charge in [0.25, 0.3) is 0 Å². The Morgan fingerprint density at radius 3 is 3.00 bits per heavy atom. The molecule has 1 N–H and O–H groups in total. The zero-order chi connectivity index (χ0) is 14.7. The van der Waals surface area contributed by atoms with Crippen molar-refractivity contribution in [3.8, 4) is 11.5 Å². The number of nitrogens with one attached hydrogen (secondary N) is 1. The fourth-order valence-electron chi connectivity index (χ4n) is 2.73. The highest BCUT2D eigenvalue weighted by Crippen LogP contribution is 2.27. The number of hydrogen-bond donors (Lipinski definition) is 1. The van der Waals surface area contributed by atoms with Crippen molar-refractivity contribution in [2.45, 2.75) is 38.0 Å². The zero-order valence-corrected chi connectivity index (χ0v) is 13.5. The van der Waals surface area contributed by atoms with Gasteiger partial charge in [0.05, 0.1) is 18.2 Å². The topological polar surface area (TPSA) is 60.2 Å². The Kier molecular flexibility index (Phi) is 4.67. The van der Waals surface area contributed by atoms with Crippen LogP contribution in [0.4, 0.5) is 0 Å². The molecular formula is C15H18BrN3O2. The molecule has 0 amide bonds. The minimum atomic E-state index is 0.288. The van der Waals surface area contributed by atoms with E-state index in [2.05, 4.69) is 31.4 Å². The van der Waals surface area contributed by atoms with Gasteiger partial charge in [-0.05, 0) is 47.3 Å². The lowest BCUT2D eigenvalue weighted by molar-refractivity contribution is 0.0840. The summed E-state index contributed by atoms with van der Waals surface area (Å²) in [5.41, 5.74) is 0.909. The Labute approximate surface area is 132 Å². The SMILES string of the molecule is COC1CCCC1NCc1nnc(-c2ccccc2Br)o1. The minimum absolute atomic E-state index is 0.288. The van der Waals surface area contributed by atoms with Gasteiger partial charge in [-0.1, -0.05) is 12.1 Å². The first-order valence-electron chi connectivity index (χ1n) is 7.11. The van der Waals surface area contributed by atoms with Gasteiger partial charge in [0.15, 0.2) is 0 Å². The third-order valence-electron chi connectivity index (χ3n) is 3.84. The van der Waals surface area contributed by atoms with Crippen molar-refractivity contribution < 1.29 is 9.15 Å². The van der Waals surface area contributed by atoms with Crippen LogP contribution in [0.3, 0.4) is 0 Å². The van der Waals surface area contributed by atoms with Crippen LogP contribution in [0.5, 0.6) is 0 Å². The third-order valence-corrected chi connectivity index (χ3v) is 4.53. The van der Waals surface area contributed by atoms with Gasteiger partial charge in [0, 0.05) is 17.6 Å². The summed E-state index contributed by atoms with van der Waals surface area (Å²) in [5.74, 6) is 1.14. The monoisotopic (exact) mass is 351 g/mol. The highest BCUT2D eigenvalue weighted by molar-refractivity contribution is 9.10. The van der Waals surface area contributed by atoms with Crippen LogP contribution in [0.15, 0.2) is 33.2 Å². The molecule has 1 aliphatic carbocycles. The molecule has 0 aliphatic heterocycles. The largest absolute Gasteiger partial charge is 0.419 e. The lowest BCUT2D eigenvalue weighted by Crippen LogP contribution is -2.36. The number of rotatable bonds is 5. The van der Waals surface area contributed by atoms with Gasteiger partial charge in [0.2, 0.25) is 11.8 Å². The summed E-state index contributed by atoms with van der Waals surface area (Å²) in [4.78, 5) is 0. The van der Waals surface area contributed by atoms with Crippen LogP contribution >= 0.6 is 15.9 Å².